The van der Waals surface area contributed by atoms with Crippen LogP contribution in [0.4, 0.5) is 43.4 Å². The van der Waals surface area contributed by atoms with Gasteiger partial charge in [-0.15, -0.1) is 0 Å². The summed E-state index contributed by atoms with van der Waals surface area (Å²) in [5.41, 5.74) is 3.88. The molecule has 0 spiro atoms. The van der Waals surface area contributed by atoms with Crippen molar-refractivity contribution >= 4 is 34.9 Å². The number of piperazine rings is 2. The number of alkyl halides is 6. The van der Waals surface area contributed by atoms with Crippen LogP contribution in [0.25, 0.3) is 0 Å². The molecule has 2 heterocycles. The quantitative estimate of drug-likeness (QED) is 0.339. The van der Waals surface area contributed by atoms with Crippen molar-refractivity contribution in [3.8, 4) is 0 Å². The number of amides is 1. The van der Waals surface area contributed by atoms with Gasteiger partial charge in [0.25, 0.3) is 5.91 Å². The molecule has 2 aliphatic rings. The first kappa shape index (κ1) is 33.2. The van der Waals surface area contributed by atoms with Gasteiger partial charge in [0, 0.05) is 75.0 Å². The molecule has 0 aliphatic carbocycles. The summed E-state index contributed by atoms with van der Waals surface area (Å²) < 4.78 is 63.5. The van der Waals surface area contributed by atoms with Gasteiger partial charge in [0.1, 0.15) is 0 Å². The van der Waals surface area contributed by atoms with Gasteiger partial charge in [-0.2, -0.15) is 26.3 Å². The zero-order valence-electron chi connectivity index (χ0n) is 21.6. The van der Waals surface area contributed by atoms with Crippen molar-refractivity contribution in [3.05, 3.63) is 54.1 Å². The standard InChI is InChI=1S/C21H27N5O.2C2HF3O2/c27-21(17-1-5-19(6-2-17)25-13-9-22-10-14-25)24-18-3-7-20(8-4-18)26-15-11-23-12-16-26;2*3-2(4,5)1(6)7/h1-8,22-23H,9-16H2,(H,24,27);2*(H,6,7). The topological polar surface area (TPSA) is 134 Å². The summed E-state index contributed by atoms with van der Waals surface area (Å²) in [7, 11) is 0. The van der Waals surface area contributed by atoms with Gasteiger partial charge in [0.05, 0.1) is 0 Å². The maximum absolute atomic E-state index is 12.5. The number of benzene rings is 2. The molecule has 0 bridgehead atoms. The van der Waals surface area contributed by atoms with Crippen molar-refractivity contribution in [1.29, 1.82) is 0 Å². The van der Waals surface area contributed by atoms with Crippen LogP contribution in [0, 0.1) is 0 Å². The minimum absolute atomic E-state index is 0.0724. The van der Waals surface area contributed by atoms with Crippen molar-refractivity contribution in [2.24, 2.45) is 0 Å². The molecule has 2 saturated heterocycles. The molecule has 4 rings (SSSR count). The molecular formula is C25H29F6N5O5. The molecule has 2 aromatic rings. The Labute approximate surface area is 230 Å². The van der Waals surface area contributed by atoms with Gasteiger partial charge >= 0.3 is 24.3 Å². The van der Waals surface area contributed by atoms with Crippen LogP contribution in [-0.4, -0.2) is 92.8 Å². The van der Waals surface area contributed by atoms with E-state index in [0.29, 0.717) is 5.56 Å². The SMILES string of the molecule is O=C(Nc1ccc(N2CCNCC2)cc1)c1ccc(N2CCNCC2)cc1.O=C(O)C(F)(F)F.O=C(O)C(F)(F)F. The third kappa shape index (κ3) is 11.5. The number of rotatable bonds is 4. The van der Waals surface area contributed by atoms with Gasteiger partial charge in [-0.1, -0.05) is 0 Å². The molecule has 10 nitrogen and oxygen atoms in total. The van der Waals surface area contributed by atoms with Crippen molar-refractivity contribution in [1.82, 2.24) is 10.6 Å². The second-order valence-corrected chi connectivity index (χ2v) is 8.63. The Morgan fingerprint density at radius 3 is 1.27 bits per heavy atom. The number of nitrogens with zero attached hydrogens (tertiary/aromatic N) is 2. The Morgan fingerprint density at radius 2 is 0.951 bits per heavy atom. The highest BCUT2D eigenvalue weighted by Crippen LogP contribution is 2.20. The van der Waals surface area contributed by atoms with Crippen LogP contribution in [-0.2, 0) is 9.59 Å². The average Bonchev–Trinajstić information content (AvgIpc) is 2.94. The molecule has 0 saturated carbocycles. The predicted octanol–water partition coefficient (Wildman–Crippen LogP) is 3.02. The van der Waals surface area contributed by atoms with Crippen LogP contribution in [0.5, 0.6) is 0 Å². The highest BCUT2D eigenvalue weighted by molar-refractivity contribution is 6.04. The van der Waals surface area contributed by atoms with Crippen LogP contribution in [0.1, 0.15) is 10.4 Å². The Balaban J connectivity index is 0.000000349. The fourth-order valence-corrected chi connectivity index (χ4v) is 3.63. The van der Waals surface area contributed by atoms with E-state index in [0.717, 1.165) is 58.0 Å². The van der Waals surface area contributed by atoms with Gasteiger partial charge in [-0.3, -0.25) is 4.79 Å². The number of hydrogen-bond donors (Lipinski definition) is 5. The van der Waals surface area contributed by atoms with E-state index in [2.05, 4.69) is 37.9 Å². The summed E-state index contributed by atoms with van der Waals surface area (Å²) in [6, 6.07) is 16.0. The van der Waals surface area contributed by atoms with Crippen LogP contribution in [0.3, 0.4) is 0 Å². The molecule has 16 heteroatoms. The summed E-state index contributed by atoms with van der Waals surface area (Å²) in [5, 5.41) is 24.0. The number of aliphatic carboxylic acids is 2. The molecule has 0 atom stereocenters. The first-order valence-corrected chi connectivity index (χ1v) is 12.2. The molecular weight excluding hydrogens is 564 g/mol. The number of carboxylic acid groups (broad SMARTS) is 2. The van der Waals surface area contributed by atoms with Crippen molar-refractivity contribution in [3.63, 3.8) is 0 Å². The summed E-state index contributed by atoms with van der Waals surface area (Å²) in [6.07, 6.45) is -10.2. The van der Waals surface area contributed by atoms with E-state index >= 15 is 0 Å². The minimum Gasteiger partial charge on any atom is -0.475 e. The number of halogens is 6. The monoisotopic (exact) mass is 593 g/mol. The largest absolute Gasteiger partial charge is 0.490 e. The van der Waals surface area contributed by atoms with Crippen molar-refractivity contribution < 1.29 is 50.9 Å². The summed E-state index contributed by atoms with van der Waals surface area (Å²) >= 11 is 0. The Kier molecular flexibility index (Phi) is 12.2. The summed E-state index contributed by atoms with van der Waals surface area (Å²) in [5.74, 6) is -5.59. The number of hydrogen-bond acceptors (Lipinski definition) is 7. The smallest absolute Gasteiger partial charge is 0.475 e. The molecule has 0 aromatic heterocycles. The van der Waals surface area contributed by atoms with Crippen LogP contribution < -0.4 is 25.8 Å². The van der Waals surface area contributed by atoms with E-state index < -0.39 is 24.3 Å². The normalized spacial score (nSPS) is 15.5. The zero-order chi connectivity index (χ0) is 30.6. The fraction of sp³-hybridized carbons (Fsp3) is 0.400. The molecule has 226 valence electrons. The molecule has 0 radical (unpaired) electrons. The maximum Gasteiger partial charge on any atom is 0.490 e. The Bertz CT molecular complexity index is 1110. The van der Waals surface area contributed by atoms with Gasteiger partial charge in [0.15, 0.2) is 0 Å². The molecule has 2 aromatic carbocycles. The van der Waals surface area contributed by atoms with E-state index in [1.165, 1.54) is 11.4 Å². The van der Waals surface area contributed by atoms with Gasteiger partial charge in [-0.05, 0) is 48.5 Å². The van der Waals surface area contributed by atoms with Crippen LogP contribution in [0.15, 0.2) is 48.5 Å². The number of carbonyl (C=O) groups is 3. The minimum atomic E-state index is -5.08. The van der Waals surface area contributed by atoms with Gasteiger partial charge < -0.3 is 36.0 Å². The van der Waals surface area contributed by atoms with E-state index in [4.69, 9.17) is 19.8 Å². The third-order valence-corrected chi connectivity index (χ3v) is 5.70. The molecule has 0 unspecified atom stereocenters. The molecule has 41 heavy (non-hydrogen) atoms. The lowest BCUT2D eigenvalue weighted by atomic mass is 10.1. The Morgan fingerprint density at radius 1 is 0.634 bits per heavy atom. The van der Waals surface area contributed by atoms with E-state index in [-0.39, 0.29) is 5.91 Å². The van der Waals surface area contributed by atoms with Crippen LogP contribution >= 0.6 is 0 Å². The number of carbonyl (C=O) groups excluding carboxylic acids is 1. The van der Waals surface area contributed by atoms with Crippen molar-refractivity contribution in [2.75, 3.05) is 67.5 Å². The Hall–Kier alpha value is -4.05. The van der Waals surface area contributed by atoms with Gasteiger partial charge in [0.2, 0.25) is 0 Å². The fourth-order valence-electron chi connectivity index (χ4n) is 3.63. The average molecular weight is 594 g/mol. The van der Waals surface area contributed by atoms with E-state index in [1.807, 2.05) is 36.4 Å². The molecule has 1 amide bonds. The second kappa shape index (κ2) is 15.1. The summed E-state index contributed by atoms with van der Waals surface area (Å²) in [6.45, 7) is 8.09. The highest BCUT2D eigenvalue weighted by atomic mass is 19.4. The number of carboxylic acids is 2. The van der Waals surface area contributed by atoms with Crippen molar-refractivity contribution in [2.45, 2.75) is 12.4 Å². The second-order valence-electron chi connectivity index (χ2n) is 8.63. The highest BCUT2D eigenvalue weighted by Gasteiger charge is 2.38. The lowest BCUT2D eigenvalue weighted by Gasteiger charge is -2.29. The van der Waals surface area contributed by atoms with E-state index in [1.54, 1.807) is 0 Å². The molecule has 2 fully saturated rings. The lowest BCUT2D eigenvalue weighted by molar-refractivity contribution is -0.193. The van der Waals surface area contributed by atoms with Crippen LogP contribution in [0.2, 0.25) is 0 Å². The maximum atomic E-state index is 12.5. The number of anilines is 3. The summed E-state index contributed by atoms with van der Waals surface area (Å²) in [4.78, 5) is 35.0. The van der Waals surface area contributed by atoms with E-state index in [9.17, 15) is 31.1 Å². The lowest BCUT2D eigenvalue weighted by Crippen LogP contribution is -2.43. The zero-order valence-corrected chi connectivity index (χ0v) is 21.6. The third-order valence-electron chi connectivity index (χ3n) is 5.70. The number of nitrogens with one attached hydrogen (secondary N) is 3. The molecule has 5 N–H and O–H groups in total. The van der Waals surface area contributed by atoms with Gasteiger partial charge in [-0.25, -0.2) is 9.59 Å². The first-order valence-electron chi connectivity index (χ1n) is 12.2. The molecule has 2 aliphatic heterocycles. The first-order chi connectivity index (χ1) is 19.2. The predicted molar refractivity (Wildman–Crippen MR) is 138 cm³/mol.